The summed E-state index contributed by atoms with van der Waals surface area (Å²) in [4.78, 5) is 5.48. The van der Waals surface area contributed by atoms with Gasteiger partial charge in [0.25, 0.3) is 0 Å². The Bertz CT molecular complexity index is 436. The van der Waals surface area contributed by atoms with E-state index in [1.807, 2.05) is 36.7 Å². The second-order valence-electron chi connectivity index (χ2n) is 2.93. The van der Waals surface area contributed by atoms with Crippen LogP contribution in [0.4, 0.5) is 5.13 Å². The molecule has 3 N–H and O–H groups in total. The number of anilines is 1. The molecule has 1 aromatic carbocycles. The van der Waals surface area contributed by atoms with E-state index in [0.717, 1.165) is 21.3 Å². The smallest absolute Gasteiger partial charge is 0.182 e. The van der Waals surface area contributed by atoms with Gasteiger partial charge in [-0.1, -0.05) is 12.1 Å². The lowest BCUT2D eigenvalue weighted by Crippen LogP contribution is -1.86. The predicted molar refractivity (Wildman–Crippen MR) is 67.1 cm³/mol. The molecule has 0 spiro atoms. The summed E-state index contributed by atoms with van der Waals surface area (Å²) in [6.45, 7) is 0. The Morgan fingerprint density at radius 3 is 2.60 bits per heavy atom. The van der Waals surface area contributed by atoms with Gasteiger partial charge in [-0.15, -0.1) is 11.3 Å². The zero-order valence-corrected chi connectivity index (χ0v) is 9.86. The summed E-state index contributed by atoms with van der Waals surface area (Å²) in [5, 5.41) is 11.5. The minimum Gasteiger partial charge on any atom is -0.365 e. The summed E-state index contributed by atoms with van der Waals surface area (Å²) in [7, 11) is 1.87. The molecule has 5 heteroatoms. The van der Waals surface area contributed by atoms with Crippen LogP contribution in [0.25, 0.3) is 11.3 Å². The zero-order chi connectivity index (χ0) is 10.7. The first-order valence-corrected chi connectivity index (χ1v) is 6.20. The lowest BCUT2D eigenvalue weighted by atomic mass is 10.2. The van der Waals surface area contributed by atoms with Crippen LogP contribution >= 0.6 is 23.3 Å². The molecule has 0 saturated heterocycles. The van der Waals surface area contributed by atoms with Gasteiger partial charge < -0.3 is 5.32 Å². The van der Waals surface area contributed by atoms with Crippen LogP contribution in [0.2, 0.25) is 0 Å². The van der Waals surface area contributed by atoms with Crippen LogP contribution in [0.1, 0.15) is 0 Å². The Balaban J connectivity index is 2.28. The van der Waals surface area contributed by atoms with Crippen LogP contribution in [0.3, 0.4) is 0 Å². The molecule has 2 aromatic rings. The molecule has 0 bridgehead atoms. The molecule has 0 aliphatic carbocycles. The van der Waals surface area contributed by atoms with Gasteiger partial charge in [0.2, 0.25) is 0 Å². The summed E-state index contributed by atoms with van der Waals surface area (Å²) < 4.78 is 0. The van der Waals surface area contributed by atoms with Crippen molar-refractivity contribution < 1.29 is 0 Å². The van der Waals surface area contributed by atoms with Crippen molar-refractivity contribution >= 4 is 28.4 Å². The summed E-state index contributed by atoms with van der Waals surface area (Å²) in [5.41, 5.74) is 2.11. The van der Waals surface area contributed by atoms with Gasteiger partial charge in [0.15, 0.2) is 5.13 Å². The first-order valence-electron chi connectivity index (χ1n) is 4.44. The highest BCUT2D eigenvalue weighted by molar-refractivity contribution is 7.97. The Labute approximate surface area is 96.9 Å². The highest BCUT2D eigenvalue weighted by Crippen LogP contribution is 2.25. The fourth-order valence-corrected chi connectivity index (χ4v) is 2.20. The normalized spacial score (nSPS) is 10.3. The van der Waals surface area contributed by atoms with Gasteiger partial charge in [-0.05, 0) is 24.1 Å². The van der Waals surface area contributed by atoms with Crippen LogP contribution < -0.4 is 10.5 Å². The number of rotatable bonds is 3. The van der Waals surface area contributed by atoms with Crippen molar-refractivity contribution in [2.24, 2.45) is 5.14 Å². The minimum absolute atomic E-state index is 0.933. The van der Waals surface area contributed by atoms with Gasteiger partial charge in [-0.25, -0.2) is 4.98 Å². The van der Waals surface area contributed by atoms with E-state index in [0.29, 0.717) is 0 Å². The molecule has 2 rings (SSSR count). The van der Waals surface area contributed by atoms with Crippen molar-refractivity contribution in [1.29, 1.82) is 0 Å². The fourth-order valence-electron chi connectivity index (χ4n) is 1.23. The standard InChI is InChI=1S/C10H11N3S2/c1-12-10-13-9(6-14-10)7-2-4-8(15-11)5-3-7/h2-6H,11H2,1H3,(H,12,13). The van der Waals surface area contributed by atoms with Crippen molar-refractivity contribution in [2.75, 3.05) is 12.4 Å². The average molecular weight is 237 g/mol. The Morgan fingerprint density at radius 2 is 2.07 bits per heavy atom. The minimum atomic E-state index is 0.933. The Hall–Kier alpha value is -1.04. The molecule has 0 saturated carbocycles. The number of thiazole rings is 1. The summed E-state index contributed by atoms with van der Waals surface area (Å²) in [6.07, 6.45) is 0. The molecule has 0 unspecified atom stereocenters. The van der Waals surface area contributed by atoms with Gasteiger partial charge in [0, 0.05) is 22.9 Å². The first kappa shape index (κ1) is 10.5. The highest BCUT2D eigenvalue weighted by atomic mass is 32.2. The van der Waals surface area contributed by atoms with E-state index in [9.17, 15) is 0 Å². The molecule has 0 aliphatic heterocycles. The SMILES string of the molecule is CNc1nc(-c2ccc(SN)cc2)cs1. The largest absolute Gasteiger partial charge is 0.365 e. The van der Waals surface area contributed by atoms with Crippen molar-refractivity contribution in [3.05, 3.63) is 29.6 Å². The summed E-state index contributed by atoms with van der Waals surface area (Å²) >= 11 is 2.85. The summed E-state index contributed by atoms with van der Waals surface area (Å²) in [5.74, 6) is 0. The van der Waals surface area contributed by atoms with Gasteiger partial charge >= 0.3 is 0 Å². The lowest BCUT2D eigenvalue weighted by molar-refractivity contribution is 1.35. The number of nitrogens with zero attached hydrogens (tertiary/aromatic N) is 1. The van der Waals surface area contributed by atoms with Crippen LogP contribution in [-0.4, -0.2) is 12.0 Å². The molecule has 15 heavy (non-hydrogen) atoms. The van der Waals surface area contributed by atoms with Gasteiger partial charge in [-0.2, -0.15) is 0 Å². The molecule has 0 fully saturated rings. The monoisotopic (exact) mass is 237 g/mol. The van der Waals surface area contributed by atoms with Crippen LogP contribution in [0, 0.1) is 0 Å². The van der Waals surface area contributed by atoms with Crippen molar-refractivity contribution in [1.82, 2.24) is 4.98 Å². The first-order chi connectivity index (χ1) is 7.33. The van der Waals surface area contributed by atoms with Gasteiger partial charge in [0.05, 0.1) is 5.69 Å². The molecular formula is C10H11N3S2. The lowest BCUT2D eigenvalue weighted by Gasteiger charge is -1.98. The maximum Gasteiger partial charge on any atom is 0.182 e. The van der Waals surface area contributed by atoms with E-state index in [-0.39, 0.29) is 0 Å². The highest BCUT2D eigenvalue weighted by Gasteiger charge is 2.02. The molecule has 0 atom stereocenters. The third-order valence-electron chi connectivity index (χ3n) is 2.00. The molecular weight excluding hydrogens is 226 g/mol. The van der Waals surface area contributed by atoms with E-state index in [1.54, 1.807) is 11.3 Å². The number of nitrogens with one attached hydrogen (secondary N) is 1. The second-order valence-corrected chi connectivity index (χ2v) is 4.50. The second kappa shape index (κ2) is 4.65. The molecule has 3 nitrogen and oxygen atoms in total. The molecule has 78 valence electrons. The number of hydrogen-bond donors (Lipinski definition) is 2. The van der Waals surface area contributed by atoms with E-state index in [1.165, 1.54) is 11.9 Å². The number of hydrogen-bond acceptors (Lipinski definition) is 5. The van der Waals surface area contributed by atoms with E-state index in [2.05, 4.69) is 10.3 Å². The fraction of sp³-hybridized carbons (Fsp3) is 0.100. The van der Waals surface area contributed by atoms with Gasteiger partial charge in [0.1, 0.15) is 0 Å². The summed E-state index contributed by atoms with van der Waals surface area (Å²) in [6, 6.07) is 8.06. The molecule has 0 amide bonds. The maximum absolute atomic E-state index is 5.46. The Kier molecular flexibility index (Phi) is 3.25. The molecule has 1 heterocycles. The van der Waals surface area contributed by atoms with Gasteiger partial charge in [-0.3, -0.25) is 5.14 Å². The van der Waals surface area contributed by atoms with E-state index < -0.39 is 0 Å². The molecule has 1 aromatic heterocycles. The van der Waals surface area contributed by atoms with E-state index >= 15 is 0 Å². The third kappa shape index (κ3) is 2.31. The Morgan fingerprint density at radius 1 is 1.33 bits per heavy atom. The molecule has 0 radical (unpaired) electrons. The zero-order valence-electron chi connectivity index (χ0n) is 8.23. The quantitative estimate of drug-likeness (QED) is 0.806. The number of nitrogens with two attached hydrogens (primary N) is 1. The predicted octanol–water partition coefficient (Wildman–Crippen LogP) is 2.82. The van der Waals surface area contributed by atoms with Crippen LogP contribution in [-0.2, 0) is 0 Å². The van der Waals surface area contributed by atoms with Crippen molar-refractivity contribution in [2.45, 2.75) is 4.90 Å². The van der Waals surface area contributed by atoms with Crippen molar-refractivity contribution in [3.63, 3.8) is 0 Å². The third-order valence-corrected chi connectivity index (χ3v) is 3.41. The van der Waals surface area contributed by atoms with Crippen LogP contribution in [0.15, 0.2) is 34.5 Å². The number of aromatic nitrogens is 1. The van der Waals surface area contributed by atoms with Crippen molar-refractivity contribution in [3.8, 4) is 11.3 Å². The average Bonchev–Trinajstić information content (AvgIpc) is 2.78. The molecule has 0 aliphatic rings. The van der Waals surface area contributed by atoms with E-state index in [4.69, 9.17) is 5.14 Å². The maximum atomic E-state index is 5.46. The van der Waals surface area contributed by atoms with Crippen LogP contribution in [0.5, 0.6) is 0 Å². The topological polar surface area (TPSA) is 50.9 Å². The number of benzene rings is 1.